The minimum absolute atomic E-state index is 0.0857. The van der Waals surface area contributed by atoms with Gasteiger partial charge in [-0.25, -0.2) is 14.6 Å². The number of ether oxygens (including phenoxy) is 2. The third-order valence-corrected chi connectivity index (χ3v) is 3.64. The molecule has 7 nitrogen and oxygen atoms in total. The van der Waals surface area contributed by atoms with Crippen molar-refractivity contribution in [3.63, 3.8) is 0 Å². The number of pyridine rings is 1. The first-order chi connectivity index (χ1) is 12.5. The number of amides is 1. The normalized spacial score (nSPS) is 10.5. The van der Waals surface area contributed by atoms with E-state index in [-0.39, 0.29) is 6.61 Å². The van der Waals surface area contributed by atoms with Crippen molar-refractivity contribution in [2.24, 2.45) is 0 Å². The third-order valence-electron chi connectivity index (χ3n) is 3.64. The van der Waals surface area contributed by atoms with Gasteiger partial charge < -0.3 is 13.9 Å². The number of aromatic nitrogens is 2. The van der Waals surface area contributed by atoms with Crippen molar-refractivity contribution >= 4 is 23.4 Å². The number of hydrogen-bond donors (Lipinski definition) is 1. The van der Waals surface area contributed by atoms with Crippen LogP contribution in [0.1, 0.15) is 28.5 Å². The summed E-state index contributed by atoms with van der Waals surface area (Å²) in [5, 5.41) is 2.56. The van der Waals surface area contributed by atoms with E-state index in [4.69, 9.17) is 9.47 Å². The van der Waals surface area contributed by atoms with Crippen LogP contribution in [0.15, 0.2) is 48.8 Å². The van der Waals surface area contributed by atoms with Crippen molar-refractivity contribution in [1.82, 2.24) is 9.38 Å². The summed E-state index contributed by atoms with van der Waals surface area (Å²) in [5.74, 6) is -0.457. The Hall–Kier alpha value is -3.35. The number of imidazole rings is 1. The quantitative estimate of drug-likeness (QED) is 0.709. The summed E-state index contributed by atoms with van der Waals surface area (Å²) >= 11 is 0. The van der Waals surface area contributed by atoms with Crippen LogP contribution in [0.2, 0.25) is 0 Å². The number of esters is 1. The average molecular weight is 353 g/mol. The first-order valence-electron chi connectivity index (χ1n) is 8.20. The van der Waals surface area contributed by atoms with Crippen molar-refractivity contribution in [2.45, 2.75) is 20.5 Å². The lowest BCUT2D eigenvalue weighted by molar-refractivity contribution is 0.0468. The van der Waals surface area contributed by atoms with Gasteiger partial charge in [0, 0.05) is 18.1 Å². The summed E-state index contributed by atoms with van der Waals surface area (Å²) in [5.41, 5.74) is 3.52. The Morgan fingerprint density at radius 1 is 1.08 bits per heavy atom. The predicted octanol–water partition coefficient (Wildman–Crippen LogP) is 3.57. The lowest BCUT2D eigenvalue weighted by Crippen LogP contribution is -2.13. The molecule has 0 saturated carbocycles. The maximum atomic E-state index is 12.2. The number of aryl methyl sites for hydroxylation is 1. The van der Waals surface area contributed by atoms with Crippen molar-refractivity contribution in [1.29, 1.82) is 0 Å². The Labute approximate surface area is 150 Å². The first-order valence-corrected chi connectivity index (χ1v) is 8.20. The fourth-order valence-electron chi connectivity index (χ4n) is 2.42. The summed E-state index contributed by atoms with van der Waals surface area (Å²) in [7, 11) is 0. The molecule has 0 saturated heterocycles. The molecule has 0 aliphatic rings. The van der Waals surface area contributed by atoms with Crippen molar-refractivity contribution in [3.8, 4) is 0 Å². The van der Waals surface area contributed by atoms with Gasteiger partial charge >= 0.3 is 12.1 Å². The minimum atomic E-state index is -0.537. The molecule has 7 heteroatoms. The van der Waals surface area contributed by atoms with Crippen LogP contribution in [0.4, 0.5) is 10.5 Å². The van der Waals surface area contributed by atoms with E-state index < -0.39 is 12.1 Å². The zero-order valence-corrected chi connectivity index (χ0v) is 14.6. The molecule has 2 aromatic heterocycles. The lowest BCUT2D eigenvalue weighted by Gasteiger charge is -2.06. The largest absolute Gasteiger partial charge is 0.456 e. The number of nitrogens with zero attached hydrogens (tertiary/aromatic N) is 2. The Morgan fingerprint density at radius 2 is 1.85 bits per heavy atom. The second-order valence-electron chi connectivity index (χ2n) is 5.70. The molecule has 3 aromatic rings. The molecule has 0 atom stereocenters. The standard InChI is InChI=1S/C19H19N3O4/c1-3-25-19(24)21-15-7-5-14(6-8-15)18(23)26-12-16-11-22-10-13(2)4-9-17(22)20-16/h4-11H,3,12H2,1-2H3,(H,21,24). The summed E-state index contributed by atoms with van der Waals surface area (Å²) in [4.78, 5) is 27.9. The lowest BCUT2D eigenvalue weighted by atomic mass is 10.2. The van der Waals surface area contributed by atoms with E-state index in [0.29, 0.717) is 23.6 Å². The van der Waals surface area contributed by atoms with Gasteiger partial charge in [0.2, 0.25) is 0 Å². The Balaban J connectivity index is 1.59. The fraction of sp³-hybridized carbons (Fsp3) is 0.211. The topological polar surface area (TPSA) is 81.9 Å². The van der Waals surface area contributed by atoms with Crippen molar-refractivity contribution < 1.29 is 19.1 Å². The van der Waals surface area contributed by atoms with Crippen LogP contribution >= 0.6 is 0 Å². The maximum Gasteiger partial charge on any atom is 0.411 e. The third kappa shape index (κ3) is 4.18. The summed E-state index contributed by atoms with van der Waals surface area (Å²) in [6, 6.07) is 10.3. The minimum Gasteiger partial charge on any atom is -0.456 e. The van der Waals surface area contributed by atoms with E-state index in [1.54, 1.807) is 31.2 Å². The molecule has 0 aliphatic heterocycles. The molecule has 0 bridgehead atoms. The molecular formula is C19H19N3O4. The SMILES string of the molecule is CCOC(=O)Nc1ccc(C(=O)OCc2cn3cc(C)ccc3n2)cc1. The predicted molar refractivity (Wildman–Crippen MR) is 96.1 cm³/mol. The van der Waals surface area contributed by atoms with Gasteiger partial charge in [0.15, 0.2) is 0 Å². The number of rotatable bonds is 5. The second kappa shape index (κ2) is 7.69. The molecule has 134 valence electrons. The fourth-order valence-corrected chi connectivity index (χ4v) is 2.42. The molecule has 0 spiro atoms. The van der Waals surface area contributed by atoms with Crippen molar-refractivity contribution in [2.75, 3.05) is 11.9 Å². The molecule has 0 radical (unpaired) electrons. The number of carbonyl (C=O) groups excluding carboxylic acids is 2. The number of fused-ring (bicyclic) bond motifs is 1. The number of nitrogens with one attached hydrogen (secondary N) is 1. The molecule has 2 heterocycles. The van der Waals surface area contributed by atoms with Crippen LogP contribution in [-0.2, 0) is 16.1 Å². The highest BCUT2D eigenvalue weighted by Crippen LogP contribution is 2.13. The Morgan fingerprint density at radius 3 is 2.58 bits per heavy atom. The second-order valence-corrected chi connectivity index (χ2v) is 5.70. The van der Waals surface area contributed by atoms with Gasteiger partial charge in [-0.15, -0.1) is 0 Å². The zero-order chi connectivity index (χ0) is 18.5. The summed E-state index contributed by atoms with van der Waals surface area (Å²) in [6.45, 7) is 4.10. The van der Waals surface area contributed by atoms with Gasteiger partial charge in [0.25, 0.3) is 0 Å². The van der Waals surface area contributed by atoms with E-state index >= 15 is 0 Å². The zero-order valence-electron chi connectivity index (χ0n) is 14.6. The van der Waals surface area contributed by atoms with Crippen LogP contribution in [0, 0.1) is 6.92 Å². The van der Waals surface area contributed by atoms with Gasteiger partial charge in [-0.3, -0.25) is 5.32 Å². The number of benzene rings is 1. The average Bonchev–Trinajstić information content (AvgIpc) is 3.02. The van der Waals surface area contributed by atoms with Gasteiger partial charge in [0.1, 0.15) is 12.3 Å². The van der Waals surface area contributed by atoms with Crippen LogP contribution in [0.5, 0.6) is 0 Å². The van der Waals surface area contributed by atoms with Crippen molar-refractivity contribution in [3.05, 3.63) is 65.6 Å². The Kier molecular flexibility index (Phi) is 5.17. The first kappa shape index (κ1) is 17.5. The van der Waals surface area contributed by atoms with Gasteiger partial charge in [-0.1, -0.05) is 6.07 Å². The number of carbonyl (C=O) groups is 2. The molecule has 0 fully saturated rings. The monoisotopic (exact) mass is 353 g/mol. The molecule has 26 heavy (non-hydrogen) atoms. The highest BCUT2D eigenvalue weighted by molar-refractivity contribution is 5.91. The van der Waals surface area contributed by atoms with Gasteiger partial charge in [0.05, 0.1) is 17.9 Å². The van der Waals surface area contributed by atoms with Crippen LogP contribution in [-0.4, -0.2) is 28.1 Å². The van der Waals surface area contributed by atoms with Crippen LogP contribution < -0.4 is 5.32 Å². The number of anilines is 1. The molecule has 3 rings (SSSR count). The Bertz CT molecular complexity index is 932. The molecule has 1 amide bonds. The van der Waals surface area contributed by atoms with E-state index in [1.165, 1.54) is 0 Å². The molecule has 1 aromatic carbocycles. The van der Waals surface area contributed by atoms with Gasteiger partial charge in [-0.05, 0) is 49.7 Å². The van der Waals surface area contributed by atoms with E-state index in [0.717, 1.165) is 11.2 Å². The van der Waals surface area contributed by atoms with E-state index in [1.807, 2.05) is 35.9 Å². The van der Waals surface area contributed by atoms with E-state index in [2.05, 4.69) is 10.3 Å². The molecule has 1 N–H and O–H groups in total. The summed E-state index contributed by atoms with van der Waals surface area (Å²) in [6.07, 6.45) is 3.26. The number of hydrogen-bond acceptors (Lipinski definition) is 5. The molecule has 0 unspecified atom stereocenters. The summed E-state index contributed by atoms with van der Waals surface area (Å²) < 4.78 is 12.0. The van der Waals surface area contributed by atoms with Gasteiger partial charge in [-0.2, -0.15) is 0 Å². The highest BCUT2D eigenvalue weighted by atomic mass is 16.5. The smallest absolute Gasteiger partial charge is 0.411 e. The van der Waals surface area contributed by atoms with Crippen LogP contribution in [0.3, 0.4) is 0 Å². The highest BCUT2D eigenvalue weighted by Gasteiger charge is 2.10. The molecule has 0 aliphatic carbocycles. The molecular weight excluding hydrogens is 334 g/mol. The maximum absolute atomic E-state index is 12.2. The van der Waals surface area contributed by atoms with E-state index in [9.17, 15) is 9.59 Å². The van der Waals surface area contributed by atoms with Crippen LogP contribution in [0.25, 0.3) is 5.65 Å².